The molecule has 2 aliphatic carbocycles. The third-order valence-corrected chi connectivity index (χ3v) is 5.25. The average Bonchev–Trinajstić information content (AvgIpc) is 2.54. The smallest absolute Gasteiger partial charge is 0.302 e. The van der Waals surface area contributed by atoms with Gasteiger partial charge in [0, 0.05) is 31.3 Å². The van der Waals surface area contributed by atoms with Crippen molar-refractivity contribution in [2.45, 2.75) is 46.5 Å². The molecule has 0 amide bonds. The van der Waals surface area contributed by atoms with Gasteiger partial charge in [-0.2, -0.15) is 0 Å². The molecule has 1 fully saturated rings. The highest BCUT2D eigenvalue weighted by Crippen LogP contribution is 2.56. The lowest BCUT2D eigenvalue weighted by atomic mass is 9.51. The van der Waals surface area contributed by atoms with Crippen molar-refractivity contribution >= 4 is 17.7 Å². The third-order valence-electron chi connectivity index (χ3n) is 5.25. The van der Waals surface area contributed by atoms with Crippen molar-refractivity contribution in [2.75, 3.05) is 13.2 Å². The summed E-state index contributed by atoms with van der Waals surface area (Å²) in [6, 6.07) is 0. The maximum absolute atomic E-state index is 12.7. The van der Waals surface area contributed by atoms with Crippen LogP contribution in [0.25, 0.3) is 0 Å². The molecule has 5 heteroatoms. The normalized spacial score (nSPS) is 32.2. The van der Waals surface area contributed by atoms with Crippen LogP contribution in [0.3, 0.4) is 0 Å². The van der Waals surface area contributed by atoms with Crippen LogP contribution in [0.5, 0.6) is 0 Å². The topological polar surface area (TPSA) is 69.7 Å². The van der Waals surface area contributed by atoms with Gasteiger partial charge in [-0.15, -0.1) is 0 Å². The fraction of sp³-hybridized carbons (Fsp3) is 0.632. The Morgan fingerprint density at radius 1 is 1.29 bits per heavy atom. The zero-order valence-corrected chi connectivity index (χ0v) is 14.7. The predicted octanol–water partition coefficient (Wildman–Crippen LogP) is 2.99. The number of fused-ring (bicyclic) bond motifs is 1. The number of carbonyl (C=O) groups is 3. The van der Waals surface area contributed by atoms with Crippen LogP contribution >= 0.6 is 0 Å². The number of rotatable bonds is 4. The SMILES string of the molecule is C=C1CC/C=C(/COC(C)=O)C(=O)C[C@@H]2[C@H]1C[C@]2(C)COC(C)=O. The first-order valence-electron chi connectivity index (χ1n) is 8.39. The summed E-state index contributed by atoms with van der Waals surface area (Å²) in [6.07, 6.45) is 4.67. The highest BCUT2D eigenvalue weighted by Gasteiger charge is 2.52. The van der Waals surface area contributed by atoms with Crippen molar-refractivity contribution < 1.29 is 23.9 Å². The summed E-state index contributed by atoms with van der Waals surface area (Å²) >= 11 is 0. The zero-order valence-electron chi connectivity index (χ0n) is 14.7. The summed E-state index contributed by atoms with van der Waals surface area (Å²) in [4.78, 5) is 34.8. The van der Waals surface area contributed by atoms with Crippen LogP contribution < -0.4 is 0 Å². The first kappa shape index (κ1) is 18.4. The molecule has 0 bridgehead atoms. The molecule has 5 nitrogen and oxygen atoms in total. The molecule has 132 valence electrons. The third kappa shape index (κ3) is 4.13. The second kappa shape index (κ2) is 7.32. The molecule has 2 rings (SSSR count). The summed E-state index contributed by atoms with van der Waals surface area (Å²) in [6.45, 7) is 9.33. The molecule has 0 aromatic rings. The van der Waals surface area contributed by atoms with E-state index in [1.807, 2.05) is 6.08 Å². The molecule has 0 radical (unpaired) electrons. The molecule has 3 atom stereocenters. The minimum Gasteiger partial charge on any atom is -0.465 e. The average molecular weight is 334 g/mol. The van der Waals surface area contributed by atoms with E-state index in [-0.39, 0.29) is 35.6 Å². The van der Waals surface area contributed by atoms with Crippen LogP contribution in [0.2, 0.25) is 0 Å². The Labute approximate surface area is 143 Å². The van der Waals surface area contributed by atoms with Crippen molar-refractivity contribution in [3.8, 4) is 0 Å². The fourth-order valence-corrected chi connectivity index (χ4v) is 3.75. The van der Waals surface area contributed by atoms with Gasteiger partial charge in [0.25, 0.3) is 0 Å². The van der Waals surface area contributed by atoms with Gasteiger partial charge in [-0.05, 0) is 31.1 Å². The van der Waals surface area contributed by atoms with Crippen LogP contribution in [0.15, 0.2) is 23.8 Å². The number of hydrogen-bond acceptors (Lipinski definition) is 5. The highest BCUT2D eigenvalue weighted by molar-refractivity contribution is 5.96. The molecular formula is C19H26O5. The lowest BCUT2D eigenvalue weighted by Crippen LogP contribution is -2.50. The fourth-order valence-electron chi connectivity index (χ4n) is 3.75. The maximum Gasteiger partial charge on any atom is 0.302 e. The van der Waals surface area contributed by atoms with Crippen LogP contribution in [0.1, 0.15) is 46.5 Å². The molecule has 2 aliphatic rings. The van der Waals surface area contributed by atoms with E-state index in [4.69, 9.17) is 9.47 Å². The van der Waals surface area contributed by atoms with Gasteiger partial charge >= 0.3 is 11.9 Å². The minimum atomic E-state index is -0.394. The van der Waals surface area contributed by atoms with Crippen LogP contribution in [-0.4, -0.2) is 30.9 Å². The largest absolute Gasteiger partial charge is 0.465 e. The summed E-state index contributed by atoms with van der Waals surface area (Å²) in [5, 5.41) is 0. The number of ketones is 1. The molecule has 0 heterocycles. The molecule has 0 saturated heterocycles. The number of hydrogen-bond donors (Lipinski definition) is 0. The van der Waals surface area contributed by atoms with E-state index in [9.17, 15) is 14.4 Å². The zero-order chi connectivity index (χ0) is 17.9. The van der Waals surface area contributed by atoms with Gasteiger partial charge in [-0.25, -0.2) is 0 Å². The molecular weight excluding hydrogens is 308 g/mol. The summed E-state index contributed by atoms with van der Waals surface area (Å²) < 4.78 is 10.2. The van der Waals surface area contributed by atoms with Crippen molar-refractivity contribution in [3.63, 3.8) is 0 Å². The highest BCUT2D eigenvalue weighted by atomic mass is 16.5. The first-order chi connectivity index (χ1) is 11.2. The van der Waals surface area contributed by atoms with Crippen molar-refractivity contribution in [2.24, 2.45) is 17.3 Å². The van der Waals surface area contributed by atoms with Crippen LogP contribution in [0.4, 0.5) is 0 Å². The Morgan fingerprint density at radius 2 is 1.96 bits per heavy atom. The summed E-state index contributed by atoms with van der Waals surface area (Å²) in [5.74, 6) is -0.293. The lowest BCUT2D eigenvalue weighted by molar-refractivity contribution is -0.153. The van der Waals surface area contributed by atoms with Crippen molar-refractivity contribution in [1.82, 2.24) is 0 Å². The van der Waals surface area contributed by atoms with Gasteiger partial charge in [-0.3, -0.25) is 14.4 Å². The molecule has 0 aliphatic heterocycles. The molecule has 0 aromatic carbocycles. The molecule has 24 heavy (non-hydrogen) atoms. The Kier molecular flexibility index (Phi) is 5.62. The number of allylic oxidation sites excluding steroid dienone is 2. The van der Waals surface area contributed by atoms with Gasteiger partial charge < -0.3 is 9.47 Å². The summed E-state index contributed by atoms with van der Waals surface area (Å²) in [5.41, 5.74) is 1.50. The van der Waals surface area contributed by atoms with E-state index < -0.39 is 5.97 Å². The van der Waals surface area contributed by atoms with Crippen molar-refractivity contribution in [3.05, 3.63) is 23.8 Å². The molecule has 1 saturated carbocycles. The lowest BCUT2D eigenvalue weighted by Gasteiger charge is -2.53. The maximum atomic E-state index is 12.7. The van der Waals surface area contributed by atoms with Crippen molar-refractivity contribution in [1.29, 1.82) is 0 Å². The molecule has 0 N–H and O–H groups in total. The summed E-state index contributed by atoms with van der Waals surface area (Å²) in [7, 11) is 0. The Bertz CT molecular complexity index is 589. The number of Topliss-reactive ketones (excluding diaryl/α,β-unsaturated/α-hetero) is 1. The Morgan fingerprint density at radius 3 is 2.58 bits per heavy atom. The predicted molar refractivity (Wildman–Crippen MR) is 89.1 cm³/mol. The molecule has 0 aromatic heterocycles. The van der Waals surface area contributed by atoms with Crippen LogP contribution in [-0.2, 0) is 23.9 Å². The van der Waals surface area contributed by atoms with E-state index in [2.05, 4.69) is 13.5 Å². The van der Waals surface area contributed by atoms with E-state index in [0.717, 1.165) is 24.8 Å². The Hall–Kier alpha value is -1.91. The number of esters is 2. The van der Waals surface area contributed by atoms with Gasteiger partial charge in [-0.1, -0.05) is 25.2 Å². The standard InChI is InChI=1S/C19H26O5/c1-12-6-5-7-15(10-23-13(2)20)18(22)8-17-16(12)9-19(17,4)11-24-14(3)21/h7,16-17H,1,5-6,8-11H2,2-4H3/b15-7-/t16-,17+,19+/m0/s1. The van der Waals surface area contributed by atoms with E-state index in [1.165, 1.54) is 13.8 Å². The monoisotopic (exact) mass is 334 g/mol. The first-order valence-corrected chi connectivity index (χ1v) is 8.39. The Balaban J connectivity index is 2.13. The quantitative estimate of drug-likeness (QED) is 0.584. The van der Waals surface area contributed by atoms with Gasteiger partial charge in [0.2, 0.25) is 0 Å². The second-order valence-corrected chi connectivity index (χ2v) is 7.19. The van der Waals surface area contributed by atoms with E-state index in [1.54, 1.807) is 0 Å². The number of ether oxygens (including phenoxy) is 2. The van der Waals surface area contributed by atoms with E-state index >= 15 is 0 Å². The molecule has 0 spiro atoms. The van der Waals surface area contributed by atoms with Gasteiger partial charge in [0.05, 0.1) is 6.61 Å². The van der Waals surface area contributed by atoms with Crippen LogP contribution in [0, 0.1) is 17.3 Å². The minimum absolute atomic E-state index is 0.00898. The second-order valence-electron chi connectivity index (χ2n) is 7.19. The number of carbonyl (C=O) groups excluding carboxylic acids is 3. The van der Waals surface area contributed by atoms with Gasteiger partial charge in [0.15, 0.2) is 5.78 Å². The van der Waals surface area contributed by atoms with E-state index in [0.29, 0.717) is 18.6 Å². The molecule has 0 unspecified atom stereocenters. The van der Waals surface area contributed by atoms with Gasteiger partial charge in [0.1, 0.15) is 6.61 Å².